The molecular weight excluding hydrogens is 454 g/mol. The number of morpholine rings is 1. The number of methoxy groups -OCH3 is 1. The summed E-state index contributed by atoms with van der Waals surface area (Å²) < 4.78 is 11.4. The van der Waals surface area contributed by atoms with Crippen LogP contribution in [-0.4, -0.2) is 59.4 Å². The maximum atomic E-state index is 13.4. The van der Waals surface area contributed by atoms with Crippen molar-refractivity contribution in [2.24, 2.45) is 0 Å². The van der Waals surface area contributed by atoms with Crippen LogP contribution in [0.5, 0.6) is 5.75 Å². The Morgan fingerprint density at radius 1 is 1.00 bits per heavy atom. The second-order valence-corrected chi connectivity index (χ2v) is 11.3. The molecule has 192 valence electrons. The molecule has 36 heavy (non-hydrogen) atoms. The number of Topliss-reactive ketones (excluding diaryl/α,β-unsaturated/α-hetero) is 1. The average Bonchev–Trinajstić information content (AvgIpc) is 3.31. The van der Waals surface area contributed by atoms with Crippen LogP contribution in [0.25, 0.3) is 11.4 Å². The Balaban J connectivity index is 1.61. The summed E-state index contributed by atoms with van der Waals surface area (Å²) in [6, 6.07) is 12.0. The number of tetrazole rings is 1. The number of ether oxygens (including phenoxy) is 2. The second kappa shape index (κ2) is 10.0. The van der Waals surface area contributed by atoms with Crippen molar-refractivity contribution < 1.29 is 14.3 Å². The summed E-state index contributed by atoms with van der Waals surface area (Å²) in [5.41, 5.74) is 4.48. The average molecular weight is 492 g/mol. The van der Waals surface area contributed by atoms with E-state index >= 15 is 0 Å². The normalized spacial score (nSPS) is 14.7. The fourth-order valence-electron chi connectivity index (χ4n) is 4.35. The van der Waals surface area contributed by atoms with Gasteiger partial charge in [-0.2, -0.15) is 4.80 Å². The van der Waals surface area contributed by atoms with Crippen molar-refractivity contribution in [1.29, 1.82) is 0 Å². The van der Waals surface area contributed by atoms with E-state index in [4.69, 9.17) is 9.47 Å². The van der Waals surface area contributed by atoms with Gasteiger partial charge in [-0.25, -0.2) is 0 Å². The highest BCUT2D eigenvalue weighted by Gasteiger charge is 2.27. The van der Waals surface area contributed by atoms with Gasteiger partial charge in [0.05, 0.1) is 26.0 Å². The quantitative estimate of drug-likeness (QED) is 0.464. The van der Waals surface area contributed by atoms with Gasteiger partial charge in [0.2, 0.25) is 5.82 Å². The van der Waals surface area contributed by atoms with Gasteiger partial charge in [0.15, 0.2) is 5.78 Å². The Morgan fingerprint density at radius 2 is 1.67 bits per heavy atom. The first-order valence-electron chi connectivity index (χ1n) is 12.4. The van der Waals surface area contributed by atoms with E-state index in [1.165, 1.54) is 10.4 Å². The summed E-state index contributed by atoms with van der Waals surface area (Å²) in [5, 5.41) is 12.8. The van der Waals surface area contributed by atoms with Crippen molar-refractivity contribution in [3.8, 4) is 17.1 Å². The van der Waals surface area contributed by atoms with Crippen molar-refractivity contribution in [3.63, 3.8) is 0 Å². The van der Waals surface area contributed by atoms with Crippen LogP contribution < -0.4 is 9.64 Å². The topological polar surface area (TPSA) is 82.4 Å². The molecule has 0 radical (unpaired) electrons. The lowest BCUT2D eigenvalue weighted by molar-refractivity contribution is 0.0961. The molecule has 0 atom stereocenters. The number of carbonyl (C=O) groups excluding carboxylic acids is 1. The number of rotatable bonds is 6. The SMILES string of the molecule is COc1c(N2CCOCC2)cc(C(=O)Cn2nnc(-c3ccc(C(C)(C)C)cc3)n2)cc1C(C)(C)C. The van der Waals surface area contributed by atoms with Gasteiger partial charge in [-0.3, -0.25) is 4.79 Å². The van der Waals surface area contributed by atoms with Crippen molar-refractivity contribution in [1.82, 2.24) is 20.2 Å². The van der Waals surface area contributed by atoms with E-state index in [2.05, 4.69) is 74.0 Å². The van der Waals surface area contributed by atoms with Gasteiger partial charge in [-0.1, -0.05) is 65.8 Å². The van der Waals surface area contributed by atoms with Gasteiger partial charge in [-0.15, -0.1) is 10.2 Å². The standard InChI is InChI=1S/C28H37N5O3/c1-27(2,3)21-10-8-19(9-11-21)26-29-31-33(30-26)18-24(34)20-16-22(28(4,5)6)25(35-7)23(17-20)32-12-14-36-15-13-32/h8-11,16-17H,12-15,18H2,1-7H3. The lowest BCUT2D eigenvalue weighted by Crippen LogP contribution is -2.37. The molecule has 0 amide bonds. The number of hydrogen-bond acceptors (Lipinski definition) is 7. The largest absolute Gasteiger partial charge is 0.494 e. The summed E-state index contributed by atoms with van der Waals surface area (Å²) in [6.45, 7) is 15.7. The number of hydrogen-bond donors (Lipinski definition) is 0. The second-order valence-electron chi connectivity index (χ2n) is 11.3. The molecule has 0 spiro atoms. The molecule has 1 aromatic heterocycles. The van der Waals surface area contributed by atoms with Gasteiger partial charge in [0.25, 0.3) is 0 Å². The first-order valence-corrected chi connectivity index (χ1v) is 12.4. The van der Waals surface area contributed by atoms with E-state index < -0.39 is 0 Å². The third kappa shape index (κ3) is 5.59. The number of aromatic nitrogens is 4. The minimum absolute atomic E-state index is 0.00549. The van der Waals surface area contributed by atoms with Crippen molar-refractivity contribution >= 4 is 11.5 Å². The predicted molar refractivity (Wildman–Crippen MR) is 141 cm³/mol. The maximum absolute atomic E-state index is 13.4. The number of ketones is 1. The molecule has 1 saturated heterocycles. The fourth-order valence-corrected chi connectivity index (χ4v) is 4.35. The molecule has 0 aliphatic carbocycles. The summed E-state index contributed by atoms with van der Waals surface area (Å²) in [6.07, 6.45) is 0. The summed E-state index contributed by atoms with van der Waals surface area (Å²) in [7, 11) is 1.69. The Morgan fingerprint density at radius 3 is 2.25 bits per heavy atom. The molecule has 0 N–H and O–H groups in total. The Hall–Kier alpha value is -3.26. The van der Waals surface area contributed by atoms with Crippen LogP contribution in [0.15, 0.2) is 36.4 Å². The molecule has 0 saturated carbocycles. The zero-order chi connectivity index (χ0) is 26.1. The molecule has 1 aliphatic rings. The van der Waals surface area contributed by atoms with Crippen LogP contribution in [0, 0.1) is 0 Å². The molecule has 8 nitrogen and oxygen atoms in total. The number of carbonyl (C=O) groups is 1. The molecular formula is C28H37N5O3. The molecule has 8 heteroatoms. The summed E-state index contributed by atoms with van der Waals surface area (Å²) in [5.74, 6) is 1.23. The highest BCUT2D eigenvalue weighted by molar-refractivity contribution is 5.97. The minimum atomic E-state index is -0.208. The molecule has 3 aromatic rings. The molecule has 2 heterocycles. The number of benzene rings is 2. The summed E-state index contributed by atoms with van der Waals surface area (Å²) in [4.78, 5) is 17.0. The van der Waals surface area contributed by atoms with E-state index in [1.807, 2.05) is 24.3 Å². The van der Waals surface area contributed by atoms with Gasteiger partial charge in [0.1, 0.15) is 12.3 Å². The molecule has 1 aliphatic heterocycles. The van der Waals surface area contributed by atoms with Gasteiger partial charge in [-0.05, 0) is 33.7 Å². The smallest absolute Gasteiger partial charge is 0.204 e. The highest BCUT2D eigenvalue weighted by Crippen LogP contribution is 2.40. The molecule has 0 unspecified atom stereocenters. The predicted octanol–water partition coefficient (Wildman–Crippen LogP) is 4.66. The Kier molecular flexibility index (Phi) is 7.18. The van der Waals surface area contributed by atoms with Crippen LogP contribution >= 0.6 is 0 Å². The van der Waals surface area contributed by atoms with E-state index in [-0.39, 0.29) is 23.2 Å². The van der Waals surface area contributed by atoms with Gasteiger partial charge >= 0.3 is 0 Å². The van der Waals surface area contributed by atoms with Crippen LogP contribution in [-0.2, 0) is 22.1 Å². The van der Waals surface area contributed by atoms with Crippen LogP contribution in [0.1, 0.15) is 63.0 Å². The van der Waals surface area contributed by atoms with Crippen molar-refractivity contribution in [2.75, 3.05) is 38.3 Å². The Bertz CT molecular complexity index is 1210. The van der Waals surface area contributed by atoms with Crippen LogP contribution in [0.4, 0.5) is 5.69 Å². The van der Waals surface area contributed by atoms with E-state index in [0.29, 0.717) is 24.6 Å². The molecule has 4 rings (SSSR count). The van der Waals surface area contributed by atoms with Gasteiger partial charge in [0, 0.05) is 29.8 Å². The van der Waals surface area contributed by atoms with E-state index in [0.717, 1.165) is 35.7 Å². The monoisotopic (exact) mass is 491 g/mol. The third-order valence-electron chi connectivity index (χ3n) is 6.50. The van der Waals surface area contributed by atoms with E-state index in [1.54, 1.807) is 7.11 Å². The number of anilines is 1. The third-order valence-corrected chi connectivity index (χ3v) is 6.50. The van der Waals surface area contributed by atoms with Gasteiger partial charge < -0.3 is 14.4 Å². The number of nitrogens with zero attached hydrogens (tertiary/aromatic N) is 5. The zero-order valence-electron chi connectivity index (χ0n) is 22.5. The zero-order valence-corrected chi connectivity index (χ0v) is 22.5. The first kappa shape index (κ1) is 25.8. The minimum Gasteiger partial charge on any atom is -0.494 e. The first-order chi connectivity index (χ1) is 17.0. The van der Waals surface area contributed by atoms with Crippen LogP contribution in [0.2, 0.25) is 0 Å². The Labute approximate surface area is 213 Å². The van der Waals surface area contributed by atoms with Crippen LogP contribution in [0.3, 0.4) is 0 Å². The summed E-state index contributed by atoms with van der Waals surface area (Å²) >= 11 is 0. The maximum Gasteiger partial charge on any atom is 0.204 e. The van der Waals surface area contributed by atoms with Crippen molar-refractivity contribution in [2.45, 2.75) is 58.9 Å². The van der Waals surface area contributed by atoms with E-state index in [9.17, 15) is 4.79 Å². The lowest BCUT2D eigenvalue weighted by atomic mass is 9.84. The molecule has 2 aromatic carbocycles. The fraction of sp³-hybridized carbons (Fsp3) is 0.500. The molecule has 1 fully saturated rings. The lowest BCUT2D eigenvalue weighted by Gasteiger charge is -2.33. The van der Waals surface area contributed by atoms with Crippen molar-refractivity contribution in [3.05, 3.63) is 53.1 Å². The molecule has 0 bridgehead atoms. The highest BCUT2D eigenvalue weighted by atomic mass is 16.5.